The SMILES string of the molecule is CNC(CC1CCCCO1)c1c(Cl)cnn1CCN(C)C. The first-order valence-corrected chi connectivity index (χ1v) is 8.14. The molecule has 2 rings (SSSR count). The van der Waals surface area contributed by atoms with Gasteiger partial charge >= 0.3 is 0 Å². The number of nitrogens with zero attached hydrogens (tertiary/aromatic N) is 3. The number of aromatic nitrogens is 2. The lowest BCUT2D eigenvalue weighted by atomic mass is 10.00. The Bertz CT molecular complexity index is 429. The summed E-state index contributed by atoms with van der Waals surface area (Å²) in [5.41, 5.74) is 1.08. The van der Waals surface area contributed by atoms with Crippen LogP contribution >= 0.6 is 11.6 Å². The topological polar surface area (TPSA) is 42.3 Å². The maximum Gasteiger partial charge on any atom is 0.0834 e. The molecule has 2 unspecified atom stereocenters. The van der Waals surface area contributed by atoms with Crippen molar-refractivity contribution in [2.24, 2.45) is 0 Å². The van der Waals surface area contributed by atoms with Crippen LogP contribution in [0.15, 0.2) is 6.20 Å². The maximum absolute atomic E-state index is 6.37. The minimum Gasteiger partial charge on any atom is -0.378 e. The molecule has 21 heavy (non-hydrogen) atoms. The van der Waals surface area contributed by atoms with Gasteiger partial charge in [0.1, 0.15) is 0 Å². The predicted octanol–water partition coefficient (Wildman–Crippen LogP) is 2.32. The lowest BCUT2D eigenvalue weighted by Crippen LogP contribution is -2.29. The van der Waals surface area contributed by atoms with Gasteiger partial charge in [-0.25, -0.2) is 0 Å². The summed E-state index contributed by atoms with van der Waals surface area (Å²) >= 11 is 6.37. The zero-order valence-corrected chi connectivity index (χ0v) is 14.1. The van der Waals surface area contributed by atoms with Gasteiger partial charge < -0.3 is 15.0 Å². The fraction of sp³-hybridized carbons (Fsp3) is 0.800. The van der Waals surface area contributed by atoms with E-state index < -0.39 is 0 Å². The van der Waals surface area contributed by atoms with E-state index in [0.29, 0.717) is 6.10 Å². The van der Waals surface area contributed by atoms with Crippen molar-refractivity contribution >= 4 is 11.6 Å². The first-order valence-electron chi connectivity index (χ1n) is 7.76. The highest BCUT2D eigenvalue weighted by Crippen LogP contribution is 2.29. The Hall–Kier alpha value is -0.620. The van der Waals surface area contributed by atoms with E-state index >= 15 is 0 Å². The number of likely N-dealkylation sites (N-methyl/N-ethyl adjacent to an activating group) is 1. The molecule has 0 amide bonds. The molecule has 0 radical (unpaired) electrons. The zero-order chi connectivity index (χ0) is 15.2. The Kier molecular flexibility index (Phi) is 6.48. The quantitative estimate of drug-likeness (QED) is 0.838. The van der Waals surface area contributed by atoms with Crippen LogP contribution < -0.4 is 5.32 Å². The fourth-order valence-electron chi connectivity index (χ4n) is 2.81. The highest BCUT2D eigenvalue weighted by molar-refractivity contribution is 6.31. The maximum atomic E-state index is 6.37. The smallest absolute Gasteiger partial charge is 0.0834 e. The van der Waals surface area contributed by atoms with Crippen molar-refractivity contribution in [1.29, 1.82) is 0 Å². The van der Waals surface area contributed by atoms with Gasteiger partial charge in [0.15, 0.2) is 0 Å². The van der Waals surface area contributed by atoms with Gasteiger partial charge in [-0.1, -0.05) is 11.6 Å². The molecule has 6 heteroatoms. The second-order valence-electron chi connectivity index (χ2n) is 5.97. The Labute approximate surface area is 132 Å². The van der Waals surface area contributed by atoms with Gasteiger partial charge in [0.05, 0.1) is 35.6 Å². The molecule has 0 aromatic carbocycles. The number of hydrogen-bond acceptors (Lipinski definition) is 4. The molecule has 5 nitrogen and oxygen atoms in total. The number of rotatable bonds is 7. The second-order valence-corrected chi connectivity index (χ2v) is 6.38. The number of hydrogen-bond donors (Lipinski definition) is 1. The predicted molar refractivity (Wildman–Crippen MR) is 85.8 cm³/mol. The Morgan fingerprint density at radius 2 is 2.33 bits per heavy atom. The zero-order valence-electron chi connectivity index (χ0n) is 13.3. The Morgan fingerprint density at radius 1 is 1.52 bits per heavy atom. The first kappa shape index (κ1) is 16.7. The third-order valence-corrected chi connectivity index (χ3v) is 4.33. The van der Waals surface area contributed by atoms with Crippen molar-refractivity contribution in [3.05, 3.63) is 16.9 Å². The largest absolute Gasteiger partial charge is 0.378 e. The molecule has 2 atom stereocenters. The monoisotopic (exact) mass is 314 g/mol. The standard InChI is InChI=1S/C15H27ClN4O/c1-17-14(10-12-6-4-5-9-21-12)15-13(16)11-18-20(15)8-7-19(2)3/h11-12,14,17H,4-10H2,1-3H3. The summed E-state index contributed by atoms with van der Waals surface area (Å²) < 4.78 is 7.89. The molecule has 1 aromatic rings. The average Bonchev–Trinajstić information content (AvgIpc) is 2.85. The van der Waals surface area contributed by atoms with Gasteiger partial charge in [-0.3, -0.25) is 4.68 Å². The second kappa shape index (κ2) is 8.13. The van der Waals surface area contributed by atoms with Gasteiger partial charge in [-0.15, -0.1) is 0 Å². The van der Waals surface area contributed by atoms with Gasteiger partial charge in [-0.2, -0.15) is 5.10 Å². The van der Waals surface area contributed by atoms with Crippen LogP contribution in [0.5, 0.6) is 0 Å². The van der Waals surface area contributed by atoms with Crippen molar-refractivity contribution in [2.45, 2.75) is 44.4 Å². The van der Waals surface area contributed by atoms with E-state index in [0.717, 1.165) is 43.3 Å². The van der Waals surface area contributed by atoms with E-state index in [-0.39, 0.29) is 6.04 Å². The Morgan fingerprint density at radius 3 is 2.95 bits per heavy atom. The molecule has 1 fully saturated rings. The highest BCUT2D eigenvalue weighted by Gasteiger charge is 2.24. The van der Waals surface area contributed by atoms with Crippen LogP contribution in [0.3, 0.4) is 0 Å². The number of halogens is 1. The third-order valence-electron chi connectivity index (χ3n) is 4.04. The molecule has 1 saturated heterocycles. The van der Waals surface area contributed by atoms with E-state index in [1.165, 1.54) is 12.8 Å². The first-order chi connectivity index (χ1) is 10.1. The lowest BCUT2D eigenvalue weighted by molar-refractivity contribution is 0.00496. The van der Waals surface area contributed by atoms with Crippen LogP contribution in [-0.4, -0.2) is 55.1 Å². The minimum atomic E-state index is 0.185. The van der Waals surface area contributed by atoms with Crippen LogP contribution in [-0.2, 0) is 11.3 Å². The summed E-state index contributed by atoms with van der Waals surface area (Å²) in [6.07, 6.45) is 6.60. The van der Waals surface area contributed by atoms with Crippen LogP contribution in [0.25, 0.3) is 0 Å². The van der Waals surface area contributed by atoms with E-state index in [1.807, 2.05) is 11.7 Å². The van der Waals surface area contributed by atoms with E-state index in [1.54, 1.807) is 6.20 Å². The van der Waals surface area contributed by atoms with Gasteiger partial charge in [-0.05, 0) is 46.8 Å². The van der Waals surface area contributed by atoms with Crippen molar-refractivity contribution in [3.63, 3.8) is 0 Å². The molecule has 1 aliphatic heterocycles. The summed E-state index contributed by atoms with van der Waals surface area (Å²) in [6, 6.07) is 0.185. The normalized spacial score (nSPS) is 20.9. The summed E-state index contributed by atoms with van der Waals surface area (Å²) in [7, 11) is 6.11. The molecular weight excluding hydrogens is 288 g/mol. The molecule has 0 saturated carbocycles. The molecule has 1 N–H and O–H groups in total. The number of nitrogens with one attached hydrogen (secondary N) is 1. The molecular formula is C15H27ClN4O. The molecule has 1 aromatic heterocycles. The molecule has 2 heterocycles. The van der Waals surface area contributed by atoms with Crippen LogP contribution in [0.4, 0.5) is 0 Å². The number of ether oxygens (including phenoxy) is 1. The Balaban J connectivity index is 2.07. The highest BCUT2D eigenvalue weighted by atomic mass is 35.5. The summed E-state index contributed by atoms with van der Waals surface area (Å²) in [4.78, 5) is 2.15. The summed E-state index contributed by atoms with van der Waals surface area (Å²) in [5, 5.41) is 8.55. The van der Waals surface area contributed by atoms with Gasteiger partial charge in [0.25, 0.3) is 0 Å². The molecule has 0 spiro atoms. The molecule has 1 aliphatic rings. The summed E-state index contributed by atoms with van der Waals surface area (Å²) in [6.45, 7) is 2.68. The molecule has 0 bridgehead atoms. The van der Waals surface area contributed by atoms with Crippen molar-refractivity contribution in [3.8, 4) is 0 Å². The van der Waals surface area contributed by atoms with Crippen LogP contribution in [0.1, 0.15) is 37.4 Å². The molecule has 120 valence electrons. The lowest BCUT2D eigenvalue weighted by Gasteiger charge is -2.27. The van der Waals surface area contributed by atoms with Crippen LogP contribution in [0, 0.1) is 0 Å². The van der Waals surface area contributed by atoms with E-state index in [9.17, 15) is 0 Å². The van der Waals surface area contributed by atoms with Crippen molar-refractivity contribution in [2.75, 3.05) is 34.3 Å². The van der Waals surface area contributed by atoms with E-state index in [2.05, 4.69) is 29.4 Å². The van der Waals surface area contributed by atoms with Crippen molar-refractivity contribution in [1.82, 2.24) is 20.0 Å². The van der Waals surface area contributed by atoms with Gasteiger partial charge in [0.2, 0.25) is 0 Å². The minimum absolute atomic E-state index is 0.185. The van der Waals surface area contributed by atoms with Crippen molar-refractivity contribution < 1.29 is 4.74 Å². The summed E-state index contributed by atoms with van der Waals surface area (Å²) in [5.74, 6) is 0. The fourth-order valence-corrected chi connectivity index (χ4v) is 3.09. The average molecular weight is 315 g/mol. The molecule has 0 aliphatic carbocycles. The van der Waals surface area contributed by atoms with E-state index in [4.69, 9.17) is 16.3 Å². The van der Waals surface area contributed by atoms with Gasteiger partial charge in [0, 0.05) is 13.2 Å². The van der Waals surface area contributed by atoms with Crippen LogP contribution in [0.2, 0.25) is 5.02 Å². The third kappa shape index (κ3) is 4.68.